The quantitative estimate of drug-likeness (QED) is 0.669. The molecule has 1 aliphatic carbocycles. The van der Waals surface area contributed by atoms with Crippen LogP contribution in [0.4, 0.5) is 4.79 Å². The van der Waals surface area contributed by atoms with Crippen molar-refractivity contribution >= 4 is 12.0 Å². The Morgan fingerprint density at radius 3 is 2.62 bits per heavy atom. The summed E-state index contributed by atoms with van der Waals surface area (Å²) in [6.45, 7) is 2.45. The van der Waals surface area contributed by atoms with Crippen molar-refractivity contribution in [1.29, 1.82) is 0 Å². The lowest BCUT2D eigenvalue weighted by molar-refractivity contribution is -0.139. The Morgan fingerprint density at radius 1 is 1.62 bits per heavy atom. The summed E-state index contributed by atoms with van der Waals surface area (Å²) in [6, 6.07) is -1.18. The molecule has 0 aromatic carbocycles. The molecule has 2 amide bonds. The Kier molecular flexibility index (Phi) is 4.18. The number of nitrogens with one attached hydrogen (secondary N) is 1. The lowest BCUT2D eigenvalue weighted by Crippen LogP contribution is -2.49. The van der Waals surface area contributed by atoms with E-state index in [0.717, 1.165) is 12.8 Å². The lowest BCUT2D eigenvalue weighted by atomic mass is 10.2. The third-order valence-corrected chi connectivity index (χ3v) is 2.59. The van der Waals surface area contributed by atoms with Gasteiger partial charge in [0.25, 0.3) is 0 Å². The van der Waals surface area contributed by atoms with Crippen LogP contribution in [-0.4, -0.2) is 41.1 Å². The summed E-state index contributed by atoms with van der Waals surface area (Å²) in [4.78, 5) is 24.0. The lowest BCUT2D eigenvalue weighted by Gasteiger charge is -2.21. The number of carbonyl (C=O) groups excluding carboxylic acids is 1. The molecule has 88 valence electrons. The van der Waals surface area contributed by atoms with Crippen LogP contribution in [0, 0.1) is 18.3 Å². The molecular formula is C11H16N2O3. The second-order valence-electron chi connectivity index (χ2n) is 3.82. The largest absolute Gasteiger partial charge is 0.480 e. The number of nitrogens with zero attached hydrogens (tertiary/aromatic N) is 1. The molecule has 16 heavy (non-hydrogen) atoms. The molecule has 1 aliphatic rings. The minimum atomic E-state index is -0.979. The van der Waals surface area contributed by atoms with Gasteiger partial charge in [-0.2, -0.15) is 0 Å². The summed E-state index contributed by atoms with van der Waals surface area (Å²) in [7, 11) is 0. The molecule has 1 rings (SSSR count). The van der Waals surface area contributed by atoms with Crippen molar-refractivity contribution in [3.63, 3.8) is 0 Å². The van der Waals surface area contributed by atoms with E-state index in [0.29, 0.717) is 6.54 Å². The first-order valence-corrected chi connectivity index (χ1v) is 5.31. The fourth-order valence-corrected chi connectivity index (χ4v) is 1.47. The molecule has 5 heteroatoms. The number of hydrogen-bond donors (Lipinski definition) is 2. The SMILES string of the molecule is C#CCN(CC)C(=O)NC(C(=O)O)C1CC1. The Bertz CT molecular complexity index is 318. The van der Waals surface area contributed by atoms with Gasteiger partial charge in [0.1, 0.15) is 6.04 Å². The van der Waals surface area contributed by atoms with E-state index >= 15 is 0 Å². The van der Waals surface area contributed by atoms with Crippen molar-refractivity contribution in [3.8, 4) is 12.3 Å². The number of urea groups is 1. The minimum Gasteiger partial charge on any atom is -0.480 e. The maximum Gasteiger partial charge on any atom is 0.326 e. The van der Waals surface area contributed by atoms with Crippen molar-refractivity contribution in [2.24, 2.45) is 5.92 Å². The highest BCUT2D eigenvalue weighted by atomic mass is 16.4. The van der Waals surface area contributed by atoms with E-state index in [1.165, 1.54) is 4.90 Å². The summed E-state index contributed by atoms with van der Waals surface area (Å²) >= 11 is 0. The number of carboxylic acid groups (broad SMARTS) is 1. The summed E-state index contributed by atoms with van der Waals surface area (Å²) in [5, 5.41) is 11.4. The third kappa shape index (κ3) is 3.16. The first kappa shape index (κ1) is 12.4. The molecule has 0 saturated heterocycles. The highest BCUT2D eigenvalue weighted by Crippen LogP contribution is 2.32. The molecule has 1 atom stereocenters. The summed E-state index contributed by atoms with van der Waals surface area (Å²) < 4.78 is 0. The van der Waals surface area contributed by atoms with Gasteiger partial charge < -0.3 is 15.3 Å². The maximum atomic E-state index is 11.7. The fourth-order valence-electron chi connectivity index (χ4n) is 1.47. The van der Waals surface area contributed by atoms with Crippen molar-refractivity contribution in [3.05, 3.63) is 0 Å². The van der Waals surface area contributed by atoms with Gasteiger partial charge in [-0.25, -0.2) is 9.59 Å². The third-order valence-electron chi connectivity index (χ3n) is 2.59. The molecular weight excluding hydrogens is 208 g/mol. The summed E-state index contributed by atoms with van der Waals surface area (Å²) in [6.07, 6.45) is 6.84. The van der Waals surface area contributed by atoms with Crippen LogP contribution in [0.1, 0.15) is 19.8 Å². The number of carboxylic acids is 1. The maximum absolute atomic E-state index is 11.7. The number of terminal acetylenes is 1. The highest BCUT2D eigenvalue weighted by Gasteiger charge is 2.37. The van der Waals surface area contributed by atoms with Crippen LogP contribution in [0.2, 0.25) is 0 Å². The van der Waals surface area contributed by atoms with Gasteiger partial charge in [-0.3, -0.25) is 0 Å². The van der Waals surface area contributed by atoms with Gasteiger partial charge in [0.15, 0.2) is 0 Å². The summed E-state index contributed by atoms with van der Waals surface area (Å²) in [5.41, 5.74) is 0. The average molecular weight is 224 g/mol. The number of aliphatic carboxylic acids is 1. The smallest absolute Gasteiger partial charge is 0.326 e. The first-order valence-electron chi connectivity index (χ1n) is 5.31. The van der Waals surface area contributed by atoms with Gasteiger partial charge in [-0.15, -0.1) is 6.42 Å². The van der Waals surface area contributed by atoms with Crippen LogP contribution in [-0.2, 0) is 4.79 Å². The van der Waals surface area contributed by atoms with Gasteiger partial charge in [0.05, 0.1) is 6.54 Å². The number of hydrogen-bond acceptors (Lipinski definition) is 2. The van der Waals surface area contributed by atoms with Crippen molar-refractivity contribution in [2.45, 2.75) is 25.8 Å². The number of carbonyl (C=O) groups is 2. The van der Waals surface area contributed by atoms with Gasteiger partial charge in [0, 0.05) is 6.54 Å². The van der Waals surface area contributed by atoms with Crippen LogP contribution >= 0.6 is 0 Å². The number of amides is 2. The zero-order valence-corrected chi connectivity index (χ0v) is 9.27. The van der Waals surface area contributed by atoms with Crippen molar-refractivity contribution in [2.75, 3.05) is 13.1 Å². The van der Waals surface area contributed by atoms with E-state index in [1.807, 2.05) is 0 Å². The standard InChI is InChI=1S/C11H16N2O3/c1-3-7-13(4-2)11(16)12-9(10(14)15)8-5-6-8/h1,8-9H,4-7H2,2H3,(H,12,16)(H,14,15). The molecule has 0 radical (unpaired) electrons. The van der Waals surface area contributed by atoms with Crippen LogP contribution in [0.3, 0.4) is 0 Å². The van der Waals surface area contributed by atoms with Gasteiger partial charge >= 0.3 is 12.0 Å². The van der Waals surface area contributed by atoms with Crippen LogP contribution in [0.25, 0.3) is 0 Å². The molecule has 0 aromatic heterocycles. The predicted molar refractivity (Wildman–Crippen MR) is 58.8 cm³/mol. The molecule has 1 saturated carbocycles. The van der Waals surface area contributed by atoms with E-state index in [-0.39, 0.29) is 12.5 Å². The van der Waals surface area contributed by atoms with Crippen molar-refractivity contribution in [1.82, 2.24) is 10.2 Å². The van der Waals surface area contributed by atoms with E-state index in [2.05, 4.69) is 11.2 Å². The molecule has 0 aliphatic heterocycles. The molecule has 2 N–H and O–H groups in total. The molecule has 5 nitrogen and oxygen atoms in total. The zero-order chi connectivity index (χ0) is 12.1. The van der Waals surface area contributed by atoms with Crippen LogP contribution in [0.5, 0.6) is 0 Å². The summed E-state index contributed by atoms with van der Waals surface area (Å²) in [5.74, 6) is 1.46. The second kappa shape index (κ2) is 5.40. The van der Waals surface area contributed by atoms with Crippen LogP contribution < -0.4 is 5.32 Å². The normalized spacial score (nSPS) is 16.0. The highest BCUT2D eigenvalue weighted by molar-refractivity contribution is 5.83. The molecule has 0 spiro atoms. The van der Waals surface area contributed by atoms with E-state index < -0.39 is 18.0 Å². The molecule has 0 bridgehead atoms. The number of rotatable bonds is 5. The van der Waals surface area contributed by atoms with Gasteiger partial charge in [-0.1, -0.05) is 5.92 Å². The topological polar surface area (TPSA) is 69.6 Å². The molecule has 1 unspecified atom stereocenters. The van der Waals surface area contributed by atoms with Crippen molar-refractivity contribution < 1.29 is 14.7 Å². The monoisotopic (exact) mass is 224 g/mol. The van der Waals surface area contributed by atoms with Crippen LogP contribution in [0.15, 0.2) is 0 Å². The Hall–Kier alpha value is -1.70. The second-order valence-corrected chi connectivity index (χ2v) is 3.82. The van der Waals surface area contributed by atoms with E-state index in [1.54, 1.807) is 6.92 Å². The van der Waals surface area contributed by atoms with E-state index in [9.17, 15) is 9.59 Å². The minimum absolute atomic E-state index is 0.0750. The van der Waals surface area contributed by atoms with E-state index in [4.69, 9.17) is 11.5 Å². The molecule has 1 fully saturated rings. The Morgan fingerprint density at radius 2 is 2.25 bits per heavy atom. The Balaban J connectivity index is 2.53. The van der Waals surface area contributed by atoms with Gasteiger partial charge in [-0.05, 0) is 25.7 Å². The Labute approximate surface area is 94.8 Å². The fraction of sp³-hybridized carbons (Fsp3) is 0.636. The molecule has 0 heterocycles. The average Bonchev–Trinajstić information content (AvgIpc) is 3.05. The predicted octanol–water partition coefficient (Wildman–Crippen LogP) is 0.514. The zero-order valence-electron chi connectivity index (χ0n) is 9.27. The van der Waals surface area contributed by atoms with Gasteiger partial charge in [0.2, 0.25) is 0 Å². The molecule has 0 aromatic rings. The first-order chi connectivity index (χ1) is 7.60.